The molecule has 304 valence electrons. The van der Waals surface area contributed by atoms with Crippen molar-refractivity contribution in [1.82, 2.24) is 34.4 Å². The second kappa shape index (κ2) is 17.1. The molecule has 5 heterocycles. The minimum Gasteiger partial charge on any atom is -0.457 e. The van der Waals surface area contributed by atoms with E-state index in [4.69, 9.17) is 25.0 Å². The predicted molar refractivity (Wildman–Crippen MR) is 214 cm³/mol. The van der Waals surface area contributed by atoms with Crippen molar-refractivity contribution in [3.05, 3.63) is 90.3 Å². The van der Waals surface area contributed by atoms with Crippen LogP contribution in [0, 0.1) is 0 Å². The lowest BCUT2D eigenvalue weighted by Gasteiger charge is -2.32. The van der Waals surface area contributed by atoms with Gasteiger partial charge in [-0.25, -0.2) is 14.6 Å². The molecule has 2 saturated heterocycles. The SMILES string of the molecule is CN1C(=O)CCC(N2C(=O)c3ccc(NC(=O)COCCOCCN4CCC(n5nc(-c6ccc(Oc7ccccc7)cc6)c6c(N)ncnc65)CC4)cc3C2=O)C1=O. The molecule has 5 aromatic rings. The number of likely N-dealkylation sites (tertiary alicyclic amines) is 2. The van der Waals surface area contributed by atoms with Gasteiger partial charge in [-0.3, -0.25) is 33.8 Å². The Morgan fingerprint density at radius 3 is 2.36 bits per heavy atom. The first-order valence-electron chi connectivity index (χ1n) is 19.5. The van der Waals surface area contributed by atoms with Gasteiger partial charge in [-0.2, -0.15) is 5.10 Å². The molecular formula is C42H43N9O8. The highest BCUT2D eigenvalue weighted by Crippen LogP contribution is 2.35. The third-order valence-electron chi connectivity index (χ3n) is 10.8. The quantitative estimate of drug-likeness (QED) is 0.121. The maximum atomic E-state index is 13.2. The Morgan fingerprint density at radius 1 is 0.847 bits per heavy atom. The molecule has 0 aliphatic carbocycles. The largest absolute Gasteiger partial charge is 0.457 e. The number of imide groups is 2. The first-order valence-corrected chi connectivity index (χ1v) is 19.5. The Kier molecular flexibility index (Phi) is 11.4. The summed E-state index contributed by atoms with van der Waals surface area (Å²) in [5.41, 5.74) is 9.22. The van der Waals surface area contributed by atoms with Crippen LogP contribution >= 0.6 is 0 Å². The van der Waals surface area contributed by atoms with Crippen molar-refractivity contribution in [3.63, 3.8) is 0 Å². The van der Waals surface area contributed by atoms with Crippen molar-refractivity contribution >= 4 is 52.1 Å². The minimum atomic E-state index is -1.05. The Labute approximate surface area is 339 Å². The van der Waals surface area contributed by atoms with Gasteiger partial charge in [-0.05, 0) is 73.9 Å². The second-order valence-corrected chi connectivity index (χ2v) is 14.6. The average molecular weight is 802 g/mol. The van der Waals surface area contributed by atoms with Gasteiger partial charge in [0.2, 0.25) is 11.8 Å². The lowest BCUT2D eigenvalue weighted by atomic mass is 10.0. The number of hydrogen-bond donors (Lipinski definition) is 2. The molecule has 2 aromatic heterocycles. The van der Waals surface area contributed by atoms with Crippen molar-refractivity contribution in [2.45, 2.75) is 37.8 Å². The highest BCUT2D eigenvalue weighted by atomic mass is 16.5. The number of para-hydroxylation sites is 1. The summed E-state index contributed by atoms with van der Waals surface area (Å²) >= 11 is 0. The number of nitrogens with two attached hydrogens (primary N) is 1. The second-order valence-electron chi connectivity index (χ2n) is 14.6. The van der Waals surface area contributed by atoms with Gasteiger partial charge in [0, 0.05) is 44.4 Å². The molecule has 0 saturated carbocycles. The number of aromatic nitrogens is 4. The highest BCUT2D eigenvalue weighted by molar-refractivity contribution is 6.24. The number of ether oxygens (including phenoxy) is 3. The fraction of sp³-hybridized carbons (Fsp3) is 0.333. The first kappa shape index (κ1) is 39.3. The molecule has 1 unspecified atom stereocenters. The number of nitrogens with zero attached hydrogens (tertiary/aromatic N) is 7. The van der Waals surface area contributed by atoms with E-state index in [1.54, 1.807) is 0 Å². The molecule has 59 heavy (non-hydrogen) atoms. The molecular weight excluding hydrogens is 759 g/mol. The van der Waals surface area contributed by atoms with Gasteiger partial charge >= 0.3 is 0 Å². The Hall–Kier alpha value is -6.56. The zero-order valence-electron chi connectivity index (χ0n) is 32.4. The van der Waals surface area contributed by atoms with Crippen molar-refractivity contribution < 1.29 is 38.2 Å². The number of anilines is 2. The Morgan fingerprint density at radius 2 is 1.58 bits per heavy atom. The molecule has 3 aliphatic rings. The van der Waals surface area contributed by atoms with E-state index in [1.807, 2.05) is 59.3 Å². The summed E-state index contributed by atoms with van der Waals surface area (Å²) in [6.45, 7) is 3.22. The number of nitrogen functional groups attached to an aromatic ring is 1. The highest BCUT2D eigenvalue weighted by Gasteiger charge is 2.46. The van der Waals surface area contributed by atoms with Crippen molar-refractivity contribution in [3.8, 4) is 22.8 Å². The fourth-order valence-corrected chi connectivity index (χ4v) is 7.68. The monoisotopic (exact) mass is 801 g/mol. The molecule has 3 aromatic carbocycles. The van der Waals surface area contributed by atoms with Gasteiger partial charge in [-0.1, -0.05) is 18.2 Å². The van der Waals surface area contributed by atoms with Gasteiger partial charge in [0.25, 0.3) is 17.7 Å². The summed E-state index contributed by atoms with van der Waals surface area (Å²) in [6, 6.07) is 20.8. The van der Waals surface area contributed by atoms with E-state index in [9.17, 15) is 24.0 Å². The summed E-state index contributed by atoms with van der Waals surface area (Å²) in [4.78, 5) is 76.4. The maximum absolute atomic E-state index is 13.2. The molecule has 17 nitrogen and oxygen atoms in total. The Bertz CT molecular complexity index is 2400. The Balaban J connectivity index is 0.758. The van der Waals surface area contributed by atoms with E-state index in [1.165, 1.54) is 31.6 Å². The summed E-state index contributed by atoms with van der Waals surface area (Å²) in [7, 11) is 1.33. The zero-order valence-corrected chi connectivity index (χ0v) is 32.4. The third-order valence-corrected chi connectivity index (χ3v) is 10.8. The van der Waals surface area contributed by atoms with Gasteiger partial charge in [0.15, 0.2) is 5.65 Å². The first-order chi connectivity index (χ1) is 28.7. The number of nitrogens with one attached hydrogen (secondary N) is 1. The molecule has 0 spiro atoms. The predicted octanol–water partition coefficient (Wildman–Crippen LogP) is 3.92. The number of fused-ring (bicyclic) bond motifs is 2. The molecule has 17 heteroatoms. The normalized spacial score (nSPS) is 17.5. The van der Waals surface area contributed by atoms with Gasteiger partial charge in [0.05, 0.1) is 42.4 Å². The smallest absolute Gasteiger partial charge is 0.262 e. The van der Waals surface area contributed by atoms with Gasteiger partial charge in [-0.15, -0.1) is 0 Å². The van der Waals surface area contributed by atoms with E-state index in [2.05, 4.69) is 20.2 Å². The lowest BCUT2D eigenvalue weighted by molar-refractivity contribution is -0.149. The number of benzene rings is 3. The summed E-state index contributed by atoms with van der Waals surface area (Å²) in [5, 5.41) is 8.43. The van der Waals surface area contributed by atoms with Crippen LogP contribution in [-0.4, -0.2) is 123 Å². The van der Waals surface area contributed by atoms with E-state index in [0.717, 1.165) is 64.7 Å². The van der Waals surface area contributed by atoms with Crippen LogP contribution in [-0.2, 0) is 23.9 Å². The molecule has 8 rings (SSSR count). The zero-order chi connectivity index (χ0) is 41.0. The third kappa shape index (κ3) is 8.25. The van der Waals surface area contributed by atoms with Crippen LogP contribution in [0.2, 0.25) is 0 Å². The molecule has 0 radical (unpaired) electrons. The maximum Gasteiger partial charge on any atom is 0.262 e. The van der Waals surface area contributed by atoms with Gasteiger partial charge < -0.3 is 30.2 Å². The molecule has 3 N–H and O–H groups in total. The summed E-state index contributed by atoms with van der Waals surface area (Å²) in [5.74, 6) is -0.798. The van der Waals surface area contributed by atoms with Gasteiger partial charge in [0.1, 0.15) is 42.0 Å². The number of rotatable bonds is 14. The van der Waals surface area contributed by atoms with Crippen LogP contribution in [0.1, 0.15) is 52.4 Å². The van der Waals surface area contributed by atoms with E-state index in [-0.39, 0.29) is 49.1 Å². The van der Waals surface area contributed by atoms with Crippen molar-refractivity contribution in [2.75, 3.05) is 64.2 Å². The molecule has 5 amide bonds. The van der Waals surface area contributed by atoms with Crippen LogP contribution < -0.4 is 15.8 Å². The summed E-state index contributed by atoms with van der Waals surface area (Å²) in [6.07, 6.45) is 3.34. The molecule has 1 atom stereocenters. The number of amides is 5. The van der Waals surface area contributed by atoms with E-state index in [0.29, 0.717) is 36.1 Å². The summed E-state index contributed by atoms with van der Waals surface area (Å²) < 4.78 is 19.2. The number of carbonyl (C=O) groups excluding carboxylic acids is 5. The number of hydrogen-bond acceptors (Lipinski definition) is 13. The van der Waals surface area contributed by atoms with Crippen LogP contribution in [0.5, 0.6) is 11.5 Å². The topological polar surface area (TPSA) is 204 Å². The number of carbonyl (C=O) groups is 5. The van der Waals surface area contributed by atoms with Crippen LogP contribution in [0.4, 0.5) is 11.5 Å². The van der Waals surface area contributed by atoms with E-state index >= 15 is 0 Å². The molecule has 3 aliphatic heterocycles. The molecule has 0 bridgehead atoms. The fourth-order valence-electron chi connectivity index (χ4n) is 7.68. The van der Waals surface area contributed by atoms with Crippen molar-refractivity contribution in [2.24, 2.45) is 0 Å². The number of likely N-dealkylation sites (N-methyl/N-ethyl adjacent to an activating group) is 1. The standard InChI is InChI=1S/C42H43N9O8/c1-48-35(53)14-13-33(42(48)56)50-40(54)31-12-9-27(23-32(31)41(50)55)46-34(52)24-58-22-21-57-20-19-49-17-15-28(16-18-49)51-39-36(38(43)44-25-45-39)37(47-51)26-7-10-30(11-8-26)59-29-5-3-2-4-6-29/h2-12,23,25,28,33H,13-22,24H2,1H3,(H,46,52)(H2,43,44,45). The average Bonchev–Trinajstić information content (AvgIpc) is 3.75. The van der Waals surface area contributed by atoms with Crippen LogP contribution in [0.3, 0.4) is 0 Å². The lowest BCUT2D eigenvalue weighted by Crippen LogP contribution is -2.54. The van der Waals surface area contributed by atoms with Crippen LogP contribution in [0.15, 0.2) is 79.1 Å². The van der Waals surface area contributed by atoms with Crippen molar-refractivity contribution in [1.29, 1.82) is 0 Å². The van der Waals surface area contributed by atoms with E-state index < -0.39 is 29.7 Å². The number of piperidine rings is 2. The molecule has 2 fully saturated rings. The van der Waals surface area contributed by atoms with Crippen LogP contribution in [0.25, 0.3) is 22.3 Å². The minimum absolute atomic E-state index is 0.0522.